The number of anilines is 1. The third-order valence-electron chi connectivity index (χ3n) is 4.72. The molecule has 1 aromatic carbocycles. The van der Waals surface area contributed by atoms with Gasteiger partial charge in [-0.1, -0.05) is 12.1 Å². The number of hydrogen-bond acceptors (Lipinski definition) is 5. The highest BCUT2D eigenvalue weighted by atomic mass is 16.5. The topological polar surface area (TPSA) is 54.0 Å². The molecule has 0 unspecified atom stereocenters. The Kier molecular flexibility index (Phi) is 5.93. The van der Waals surface area contributed by atoms with Crippen LogP contribution in [0.2, 0.25) is 0 Å². The fourth-order valence-corrected chi connectivity index (χ4v) is 3.33. The molecule has 6 nitrogen and oxygen atoms in total. The molecule has 0 radical (unpaired) electrons. The van der Waals surface area contributed by atoms with E-state index in [4.69, 9.17) is 9.47 Å². The molecule has 0 spiro atoms. The van der Waals surface area contributed by atoms with Crippen LogP contribution in [0, 0.1) is 0 Å². The van der Waals surface area contributed by atoms with Crippen LogP contribution in [0.25, 0.3) is 0 Å². The Morgan fingerprint density at radius 3 is 2.79 bits per heavy atom. The number of carbonyl (C=O) groups is 1. The first-order valence-electron chi connectivity index (χ1n) is 8.75. The van der Waals surface area contributed by atoms with Gasteiger partial charge in [-0.15, -0.1) is 0 Å². The van der Waals surface area contributed by atoms with Crippen molar-refractivity contribution in [3.05, 3.63) is 24.3 Å². The summed E-state index contributed by atoms with van der Waals surface area (Å²) >= 11 is 0. The molecule has 2 fully saturated rings. The minimum absolute atomic E-state index is 0.0937. The van der Waals surface area contributed by atoms with E-state index in [0.29, 0.717) is 13.1 Å². The fourth-order valence-electron chi connectivity index (χ4n) is 3.33. The van der Waals surface area contributed by atoms with Gasteiger partial charge in [0.25, 0.3) is 0 Å². The first-order chi connectivity index (χ1) is 11.8. The van der Waals surface area contributed by atoms with Gasteiger partial charge in [-0.05, 0) is 25.0 Å². The average Bonchev–Trinajstić information content (AvgIpc) is 3.14. The van der Waals surface area contributed by atoms with Crippen LogP contribution >= 0.6 is 0 Å². The first kappa shape index (κ1) is 17.0. The first-order valence-corrected chi connectivity index (χ1v) is 8.75. The number of piperazine rings is 1. The standard InChI is InChI=1S/C18H27N3O3/c1-23-17-7-3-2-6-16(17)21-10-8-20(9-11-21)14-18(22)19-13-15-5-4-12-24-15/h2-3,6-7,15H,4-5,8-14H2,1H3,(H,19,22)/t15-/m0/s1. The van der Waals surface area contributed by atoms with E-state index in [9.17, 15) is 4.79 Å². The number of carbonyl (C=O) groups excluding carboxylic acids is 1. The Bertz CT molecular complexity index is 538. The molecule has 2 aliphatic heterocycles. The summed E-state index contributed by atoms with van der Waals surface area (Å²) in [7, 11) is 1.70. The summed E-state index contributed by atoms with van der Waals surface area (Å²) in [5.74, 6) is 0.997. The minimum atomic E-state index is 0.0937. The van der Waals surface area contributed by atoms with Crippen molar-refractivity contribution in [2.75, 3.05) is 57.9 Å². The predicted molar refractivity (Wildman–Crippen MR) is 93.6 cm³/mol. The fraction of sp³-hybridized carbons (Fsp3) is 0.611. The van der Waals surface area contributed by atoms with Gasteiger partial charge in [0.2, 0.25) is 5.91 Å². The molecule has 6 heteroatoms. The Hall–Kier alpha value is -1.79. The van der Waals surface area contributed by atoms with Crippen LogP contribution in [-0.2, 0) is 9.53 Å². The predicted octanol–water partition coefficient (Wildman–Crippen LogP) is 1.11. The minimum Gasteiger partial charge on any atom is -0.495 e. The molecule has 1 N–H and O–H groups in total. The van der Waals surface area contributed by atoms with Crippen molar-refractivity contribution in [1.82, 2.24) is 10.2 Å². The second-order valence-corrected chi connectivity index (χ2v) is 6.37. The van der Waals surface area contributed by atoms with Gasteiger partial charge in [0, 0.05) is 39.3 Å². The highest BCUT2D eigenvalue weighted by Gasteiger charge is 2.22. The highest BCUT2D eigenvalue weighted by molar-refractivity contribution is 5.78. The number of ether oxygens (including phenoxy) is 2. The summed E-state index contributed by atoms with van der Waals surface area (Å²) in [6.07, 6.45) is 2.36. The van der Waals surface area contributed by atoms with E-state index in [-0.39, 0.29) is 12.0 Å². The SMILES string of the molecule is COc1ccccc1N1CCN(CC(=O)NC[C@@H]2CCCO2)CC1. The molecule has 3 rings (SSSR count). The molecule has 0 bridgehead atoms. The number of rotatable bonds is 6. The van der Waals surface area contributed by atoms with Crippen molar-refractivity contribution in [1.29, 1.82) is 0 Å². The van der Waals surface area contributed by atoms with Gasteiger partial charge in [0.15, 0.2) is 0 Å². The van der Waals surface area contributed by atoms with E-state index in [1.807, 2.05) is 18.2 Å². The largest absolute Gasteiger partial charge is 0.495 e. The molecule has 2 heterocycles. The molecule has 2 saturated heterocycles. The number of nitrogens with zero attached hydrogens (tertiary/aromatic N) is 2. The second kappa shape index (κ2) is 8.35. The lowest BCUT2D eigenvalue weighted by Gasteiger charge is -2.36. The quantitative estimate of drug-likeness (QED) is 0.845. The van der Waals surface area contributed by atoms with E-state index in [1.165, 1.54) is 0 Å². The van der Waals surface area contributed by atoms with Gasteiger partial charge >= 0.3 is 0 Å². The third kappa shape index (κ3) is 4.39. The van der Waals surface area contributed by atoms with E-state index in [1.54, 1.807) is 7.11 Å². The lowest BCUT2D eigenvalue weighted by Crippen LogP contribution is -2.50. The monoisotopic (exact) mass is 333 g/mol. The average molecular weight is 333 g/mol. The summed E-state index contributed by atoms with van der Waals surface area (Å²) in [4.78, 5) is 16.6. The molecule has 0 saturated carbocycles. The third-order valence-corrected chi connectivity index (χ3v) is 4.72. The smallest absolute Gasteiger partial charge is 0.234 e. The van der Waals surface area contributed by atoms with Crippen molar-refractivity contribution >= 4 is 11.6 Å². The summed E-state index contributed by atoms with van der Waals surface area (Å²) in [6, 6.07) is 8.09. The van der Waals surface area contributed by atoms with Crippen LogP contribution in [0.4, 0.5) is 5.69 Å². The van der Waals surface area contributed by atoms with Crippen molar-refractivity contribution in [3.8, 4) is 5.75 Å². The van der Waals surface area contributed by atoms with E-state index < -0.39 is 0 Å². The van der Waals surface area contributed by atoms with Crippen molar-refractivity contribution < 1.29 is 14.3 Å². The summed E-state index contributed by atoms with van der Waals surface area (Å²) in [5.41, 5.74) is 1.13. The van der Waals surface area contributed by atoms with E-state index in [0.717, 1.165) is 57.1 Å². The summed E-state index contributed by atoms with van der Waals surface area (Å²) in [6.45, 7) is 5.49. The zero-order valence-electron chi connectivity index (χ0n) is 14.4. The van der Waals surface area contributed by atoms with Crippen LogP contribution in [0.1, 0.15) is 12.8 Å². The maximum Gasteiger partial charge on any atom is 0.234 e. The zero-order valence-corrected chi connectivity index (χ0v) is 14.4. The molecular weight excluding hydrogens is 306 g/mol. The van der Waals surface area contributed by atoms with Gasteiger partial charge in [-0.3, -0.25) is 9.69 Å². The Balaban J connectivity index is 1.42. The molecule has 0 aromatic heterocycles. The maximum atomic E-state index is 12.1. The molecule has 1 aromatic rings. The van der Waals surface area contributed by atoms with Crippen LogP contribution in [0.3, 0.4) is 0 Å². The molecule has 132 valence electrons. The number of amides is 1. The van der Waals surface area contributed by atoms with Crippen molar-refractivity contribution in [3.63, 3.8) is 0 Å². The van der Waals surface area contributed by atoms with E-state index in [2.05, 4.69) is 21.2 Å². The highest BCUT2D eigenvalue weighted by Crippen LogP contribution is 2.28. The van der Waals surface area contributed by atoms with Gasteiger partial charge in [-0.2, -0.15) is 0 Å². The molecule has 0 aliphatic carbocycles. The Morgan fingerprint density at radius 2 is 2.08 bits per heavy atom. The number of nitrogens with one attached hydrogen (secondary N) is 1. The van der Waals surface area contributed by atoms with Gasteiger partial charge in [-0.25, -0.2) is 0 Å². The van der Waals surface area contributed by atoms with Gasteiger partial charge < -0.3 is 19.7 Å². The Morgan fingerprint density at radius 1 is 1.29 bits per heavy atom. The molecule has 24 heavy (non-hydrogen) atoms. The van der Waals surface area contributed by atoms with E-state index >= 15 is 0 Å². The zero-order chi connectivity index (χ0) is 16.8. The van der Waals surface area contributed by atoms with Crippen LogP contribution in [0.5, 0.6) is 5.75 Å². The number of methoxy groups -OCH3 is 1. The Labute approximate surface area is 143 Å². The maximum absolute atomic E-state index is 12.1. The van der Waals surface area contributed by atoms with Gasteiger partial charge in [0.1, 0.15) is 5.75 Å². The molecule has 2 aliphatic rings. The normalized spacial score (nSPS) is 21.7. The molecule has 1 amide bonds. The molecule has 1 atom stereocenters. The lowest BCUT2D eigenvalue weighted by atomic mass is 10.2. The van der Waals surface area contributed by atoms with Crippen molar-refractivity contribution in [2.24, 2.45) is 0 Å². The van der Waals surface area contributed by atoms with Crippen LogP contribution in [-0.4, -0.2) is 69.9 Å². The van der Waals surface area contributed by atoms with Crippen LogP contribution in [0.15, 0.2) is 24.3 Å². The summed E-state index contributed by atoms with van der Waals surface area (Å²) in [5, 5.41) is 2.99. The lowest BCUT2D eigenvalue weighted by molar-refractivity contribution is -0.122. The second-order valence-electron chi connectivity index (χ2n) is 6.37. The van der Waals surface area contributed by atoms with Gasteiger partial charge in [0.05, 0.1) is 25.4 Å². The number of benzene rings is 1. The number of para-hydroxylation sites is 2. The van der Waals surface area contributed by atoms with Crippen LogP contribution < -0.4 is 15.0 Å². The number of hydrogen-bond donors (Lipinski definition) is 1. The van der Waals surface area contributed by atoms with Crippen molar-refractivity contribution in [2.45, 2.75) is 18.9 Å². The molecular formula is C18H27N3O3. The summed E-state index contributed by atoms with van der Waals surface area (Å²) < 4.78 is 11.0.